The van der Waals surface area contributed by atoms with E-state index in [1.54, 1.807) is 7.11 Å². The van der Waals surface area contributed by atoms with Gasteiger partial charge in [-0.15, -0.1) is 0 Å². The molecular formula is C21H21Cl2N3O. The first kappa shape index (κ1) is 18.2. The maximum Gasteiger partial charge on any atom is 0.133 e. The lowest BCUT2D eigenvalue weighted by Gasteiger charge is -2.10. The molecule has 0 radical (unpaired) electrons. The predicted octanol–water partition coefficient (Wildman–Crippen LogP) is 5.91. The highest BCUT2D eigenvalue weighted by Gasteiger charge is 2.24. The summed E-state index contributed by atoms with van der Waals surface area (Å²) in [7, 11) is 1.67. The van der Waals surface area contributed by atoms with Crippen LogP contribution in [-0.4, -0.2) is 23.4 Å². The van der Waals surface area contributed by atoms with Gasteiger partial charge in [0, 0.05) is 27.7 Å². The van der Waals surface area contributed by atoms with Gasteiger partial charge in [0.05, 0.1) is 12.8 Å². The minimum absolute atomic E-state index is 0.661. The van der Waals surface area contributed by atoms with Gasteiger partial charge in [0.15, 0.2) is 0 Å². The second-order valence-electron chi connectivity index (χ2n) is 6.75. The van der Waals surface area contributed by atoms with Gasteiger partial charge in [-0.05, 0) is 62.1 Å². The van der Waals surface area contributed by atoms with E-state index < -0.39 is 0 Å². The summed E-state index contributed by atoms with van der Waals surface area (Å²) < 4.78 is 7.52. The second kappa shape index (κ2) is 7.45. The van der Waals surface area contributed by atoms with Gasteiger partial charge in [-0.3, -0.25) is 0 Å². The van der Waals surface area contributed by atoms with Gasteiger partial charge < -0.3 is 10.1 Å². The number of methoxy groups -OCH3 is 1. The molecule has 0 saturated heterocycles. The van der Waals surface area contributed by atoms with E-state index in [2.05, 4.69) is 5.32 Å². The van der Waals surface area contributed by atoms with Gasteiger partial charge in [-0.1, -0.05) is 29.3 Å². The standard InChI is InChI=1S/C21H21Cl2N3O/c1-13-6-8-15(12-18(13)23)26-21-16(5-3-4-10-24-21)20(25-26)17-11-14(22)7-9-19(17)27-2/h6-9,11-12,24H,3-5,10H2,1-2H3. The summed E-state index contributed by atoms with van der Waals surface area (Å²) in [5, 5.41) is 9.89. The zero-order valence-corrected chi connectivity index (χ0v) is 16.9. The summed E-state index contributed by atoms with van der Waals surface area (Å²) in [6.45, 7) is 2.92. The van der Waals surface area contributed by atoms with Crippen molar-refractivity contribution in [2.24, 2.45) is 0 Å². The van der Waals surface area contributed by atoms with Crippen molar-refractivity contribution in [3.8, 4) is 22.7 Å². The smallest absolute Gasteiger partial charge is 0.133 e. The van der Waals surface area contributed by atoms with Crippen LogP contribution in [0, 0.1) is 6.92 Å². The Morgan fingerprint density at radius 1 is 1.11 bits per heavy atom. The Morgan fingerprint density at radius 3 is 2.74 bits per heavy atom. The number of aromatic nitrogens is 2. The lowest BCUT2D eigenvalue weighted by molar-refractivity contribution is 0.416. The SMILES string of the molecule is COc1ccc(Cl)cc1-c1nn(-c2ccc(C)c(Cl)c2)c2c1CCCCN2. The van der Waals surface area contributed by atoms with Crippen LogP contribution in [0.1, 0.15) is 24.0 Å². The summed E-state index contributed by atoms with van der Waals surface area (Å²) in [4.78, 5) is 0. The molecule has 2 aromatic carbocycles. The third-order valence-corrected chi connectivity index (χ3v) is 5.59. The number of fused-ring (bicyclic) bond motifs is 1. The molecule has 4 rings (SSSR count). The van der Waals surface area contributed by atoms with Crippen LogP contribution in [0.15, 0.2) is 36.4 Å². The molecule has 0 atom stereocenters. The number of benzene rings is 2. The van der Waals surface area contributed by atoms with Crippen LogP contribution in [-0.2, 0) is 6.42 Å². The number of nitrogens with one attached hydrogen (secondary N) is 1. The first-order chi connectivity index (χ1) is 13.1. The topological polar surface area (TPSA) is 39.1 Å². The molecule has 3 aromatic rings. The highest BCUT2D eigenvalue weighted by atomic mass is 35.5. The minimum atomic E-state index is 0.661. The fourth-order valence-electron chi connectivity index (χ4n) is 3.48. The van der Waals surface area contributed by atoms with Crippen LogP contribution in [0.25, 0.3) is 16.9 Å². The zero-order valence-electron chi connectivity index (χ0n) is 15.4. The lowest BCUT2D eigenvalue weighted by Crippen LogP contribution is -2.07. The van der Waals surface area contributed by atoms with Crippen LogP contribution in [0.4, 0.5) is 5.82 Å². The van der Waals surface area contributed by atoms with Crippen LogP contribution >= 0.6 is 23.2 Å². The number of hydrogen-bond donors (Lipinski definition) is 1. The summed E-state index contributed by atoms with van der Waals surface area (Å²) in [5.41, 5.74) is 4.97. The zero-order chi connectivity index (χ0) is 19.0. The van der Waals surface area contributed by atoms with Crippen LogP contribution in [0.3, 0.4) is 0 Å². The average molecular weight is 402 g/mol. The van der Waals surface area contributed by atoms with Crippen molar-refractivity contribution in [1.82, 2.24) is 9.78 Å². The molecule has 6 heteroatoms. The van der Waals surface area contributed by atoms with Crippen molar-refractivity contribution in [2.45, 2.75) is 26.2 Å². The second-order valence-corrected chi connectivity index (χ2v) is 7.59. The molecular weight excluding hydrogens is 381 g/mol. The Labute approximate surface area is 169 Å². The summed E-state index contributed by atoms with van der Waals surface area (Å²) >= 11 is 12.7. The molecule has 140 valence electrons. The molecule has 0 saturated carbocycles. The molecule has 27 heavy (non-hydrogen) atoms. The summed E-state index contributed by atoms with van der Waals surface area (Å²) in [6.07, 6.45) is 3.18. The highest BCUT2D eigenvalue weighted by Crippen LogP contribution is 2.39. The number of ether oxygens (including phenoxy) is 1. The van der Waals surface area contributed by atoms with Gasteiger partial charge in [0.25, 0.3) is 0 Å². The number of aryl methyl sites for hydroxylation is 1. The first-order valence-corrected chi connectivity index (χ1v) is 9.80. The quantitative estimate of drug-likeness (QED) is 0.592. The number of anilines is 1. The Balaban J connectivity index is 1.95. The molecule has 4 nitrogen and oxygen atoms in total. The molecule has 0 fully saturated rings. The molecule has 0 aliphatic carbocycles. The molecule has 2 heterocycles. The normalized spacial score (nSPS) is 13.6. The van der Waals surface area contributed by atoms with Crippen molar-refractivity contribution in [2.75, 3.05) is 19.0 Å². The van der Waals surface area contributed by atoms with Crippen molar-refractivity contribution < 1.29 is 4.74 Å². The van der Waals surface area contributed by atoms with Crippen molar-refractivity contribution in [3.63, 3.8) is 0 Å². The fraction of sp³-hybridized carbons (Fsp3) is 0.286. The number of nitrogens with zero attached hydrogens (tertiary/aromatic N) is 2. The van der Waals surface area contributed by atoms with Gasteiger partial charge in [0.1, 0.15) is 17.3 Å². The van der Waals surface area contributed by atoms with Crippen molar-refractivity contribution in [1.29, 1.82) is 0 Å². The Hall–Kier alpha value is -2.17. The number of halogens is 2. The van der Waals surface area contributed by atoms with E-state index in [-0.39, 0.29) is 0 Å². The van der Waals surface area contributed by atoms with Crippen LogP contribution in [0.5, 0.6) is 5.75 Å². The maximum atomic E-state index is 6.37. The largest absolute Gasteiger partial charge is 0.496 e. The van der Waals surface area contributed by atoms with E-state index in [0.717, 1.165) is 64.9 Å². The maximum absolute atomic E-state index is 6.37. The lowest BCUT2D eigenvalue weighted by atomic mass is 10.0. The molecule has 1 aromatic heterocycles. The monoisotopic (exact) mass is 401 g/mol. The predicted molar refractivity (Wildman–Crippen MR) is 112 cm³/mol. The average Bonchev–Trinajstić information content (AvgIpc) is 2.85. The molecule has 0 bridgehead atoms. The third kappa shape index (κ3) is 3.40. The molecule has 0 amide bonds. The van der Waals surface area contributed by atoms with E-state index in [1.807, 2.05) is 48.0 Å². The van der Waals surface area contributed by atoms with E-state index in [9.17, 15) is 0 Å². The van der Waals surface area contributed by atoms with Gasteiger partial charge in [-0.2, -0.15) is 5.10 Å². The first-order valence-electron chi connectivity index (χ1n) is 9.04. The Morgan fingerprint density at radius 2 is 1.96 bits per heavy atom. The molecule has 0 unspecified atom stereocenters. The molecule has 1 aliphatic rings. The molecule has 1 N–H and O–H groups in total. The Bertz CT molecular complexity index is 997. The fourth-order valence-corrected chi connectivity index (χ4v) is 3.83. The van der Waals surface area contributed by atoms with E-state index in [0.29, 0.717) is 5.02 Å². The van der Waals surface area contributed by atoms with Crippen LogP contribution in [0.2, 0.25) is 10.0 Å². The van der Waals surface area contributed by atoms with Gasteiger partial charge in [0.2, 0.25) is 0 Å². The number of hydrogen-bond acceptors (Lipinski definition) is 3. The van der Waals surface area contributed by atoms with Gasteiger partial charge >= 0.3 is 0 Å². The Kier molecular flexibility index (Phi) is 5.02. The number of rotatable bonds is 3. The van der Waals surface area contributed by atoms with Crippen LogP contribution < -0.4 is 10.1 Å². The molecule has 1 aliphatic heterocycles. The van der Waals surface area contributed by atoms with E-state index >= 15 is 0 Å². The van der Waals surface area contributed by atoms with Gasteiger partial charge in [-0.25, -0.2) is 4.68 Å². The van der Waals surface area contributed by atoms with E-state index in [4.69, 9.17) is 33.0 Å². The van der Waals surface area contributed by atoms with E-state index in [1.165, 1.54) is 5.56 Å². The molecule has 0 spiro atoms. The highest BCUT2D eigenvalue weighted by molar-refractivity contribution is 6.31. The summed E-state index contributed by atoms with van der Waals surface area (Å²) in [6, 6.07) is 11.6. The third-order valence-electron chi connectivity index (χ3n) is 4.95. The van der Waals surface area contributed by atoms with Crippen molar-refractivity contribution in [3.05, 3.63) is 57.6 Å². The van der Waals surface area contributed by atoms with Crippen molar-refractivity contribution >= 4 is 29.0 Å². The summed E-state index contributed by atoms with van der Waals surface area (Å²) in [5.74, 6) is 1.78. The minimum Gasteiger partial charge on any atom is -0.496 e.